The maximum atomic E-state index is 14.8. The molecule has 3 saturated carbocycles. The average Bonchev–Trinajstić information content (AvgIpc) is 3.53. The van der Waals surface area contributed by atoms with Gasteiger partial charge in [-0.3, -0.25) is 0 Å². The van der Waals surface area contributed by atoms with E-state index >= 15 is 0 Å². The van der Waals surface area contributed by atoms with Crippen LogP contribution in [0.5, 0.6) is 0 Å². The lowest BCUT2D eigenvalue weighted by Gasteiger charge is -2.47. The Morgan fingerprint density at radius 1 is 1.16 bits per heavy atom. The predicted octanol–water partition coefficient (Wildman–Crippen LogP) is 7.58. The minimum absolute atomic E-state index is 0.0774. The first-order valence-corrected chi connectivity index (χ1v) is 15.8. The van der Waals surface area contributed by atoms with Gasteiger partial charge in [-0.05, 0) is 74.6 Å². The number of benzene rings is 2. The van der Waals surface area contributed by atoms with Crippen molar-refractivity contribution in [3.8, 4) is 11.3 Å². The number of aromatic carboxylic acids is 1. The zero-order valence-electron chi connectivity index (χ0n) is 23.2. The van der Waals surface area contributed by atoms with E-state index in [0.29, 0.717) is 50.5 Å². The number of methoxy groups -OCH3 is 1. The molecule has 4 aromatic rings. The quantitative estimate of drug-likeness (QED) is 0.191. The van der Waals surface area contributed by atoms with E-state index in [9.17, 15) is 19.4 Å². The molecule has 43 heavy (non-hydrogen) atoms. The number of halogens is 3. The molecule has 2 aromatic carbocycles. The molecule has 7 rings (SSSR count). The average molecular weight is 648 g/mol. The SMILES string of the molecule is COCC1(OCc2c(-c3c(Cl)cccc3Cl)noc2C2CC2)C[C@H]2CC[C@@H](C1)[C@@]2(O)c1nc2c(F)cc(C(=O)O)cc2s1. The summed E-state index contributed by atoms with van der Waals surface area (Å²) in [4.78, 5) is 16.0. The van der Waals surface area contributed by atoms with Crippen molar-refractivity contribution >= 4 is 50.7 Å². The first-order valence-electron chi connectivity index (χ1n) is 14.3. The first-order chi connectivity index (χ1) is 20.6. The molecule has 0 radical (unpaired) electrons. The van der Waals surface area contributed by atoms with Gasteiger partial charge in [0.05, 0.1) is 39.1 Å². The van der Waals surface area contributed by atoms with Gasteiger partial charge >= 0.3 is 5.97 Å². The number of fused-ring (bicyclic) bond motifs is 3. The fraction of sp³-hybridized carbons (Fsp3) is 0.452. The van der Waals surface area contributed by atoms with Gasteiger partial charge in [0.25, 0.3) is 0 Å². The number of thiazole rings is 1. The van der Waals surface area contributed by atoms with Gasteiger partial charge in [0.15, 0.2) is 5.82 Å². The Morgan fingerprint density at radius 3 is 2.49 bits per heavy atom. The second-order valence-electron chi connectivity index (χ2n) is 12.0. The van der Waals surface area contributed by atoms with Gasteiger partial charge in [0.2, 0.25) is 0 Å². The highest BCUT2D eigenvalue weighted by atomic mass is 35.5. The van der Waals surface area contributed by atoms with E-state index in [2.05, 4.69) is 10.1 Å². The number of hydrogen-bond donors (Lipinski definition) is 2. The largest absolute Gasteiger partial charge is 0.478 e. The molecule has 2 heterocycles. The van der Waals surface area contributed by atoms with Crippen LogP contribution in [-0.4, -0.2) is 45.6 Å². The molecule has 12 heteroatoms. The standard InChI is InChI=1S/C31H29Cl2FN2O6S/c1-40-14-30(41-13-19-25(36-42-27(19)15-5-6-15)24-20(32)3-2-4-21(24)33)11-17-7-8-18(12-30)31(17,39)29-35-26-22(34)9-16(28(37)38)10-23(26)43-29/h2-4,9-10,15,17-18,39H,5-8,11-14H2,1H3,(H,37,38)/t17-,18+,30?,31-. The van der Waals surface area contributed by atoms with Crippen molar-refractivity contribution in [2.75, 3.05) is 13.7 Å². The van der Waals surface area contributed by atoms with Gasteiger partial charge in [-0.2, -0.15) is 0 Å². The van der Waals surface area contributed by atoms with Crippen molar-refractivity contribution in [1.29, 1.82) is 0 Å². The Morgan fingerprint density at radius 2 is 1.86 bits per heavy atom. The van der Waals surface area contributed by atoms with E-state index in [0.717, 1.165) is 54.4 Å². The molecule has 2 N–H and O–H groups in total. The zero-order chi connectivity index (χ0) is 30.1. The molecule has 3 aliphatic carbocycles. The van der Waals surface area contributed by atoms with Crippen LogP contribution in [0.4, 0.5) is 4.39 Å². The fourth-order valence-corrected chi connectivity index (χ4v) is 8.96. The number of carbonyl (C=O) groups is 1. The summed E-state index contributed by atoms with van der Waals surface area (Å²) in [6, 6.07) is 7.69. The predicted molar refractivity (Wildman–Crippen MR) is 159 cm³/mol. The Hall–Kier alpha value is -2.60. The van der Waals surface area contributed by atoms with E-state index in [1.165, 1.54) is 6.07 Å². The molecule has 0 saturated heterocycles. The van der Waals surface area contributed by atoms with Gasteiger partial charge in [-0.1, -0.05) is 34.4 Å². The van der Waals surface area contributed by atoms with Crippen molar-refractivity contribution in [2.45, 2.75) is 62.3 Å². The summed E-state index contributed by atoms with van der Waals surface area (Å²) in [6.45, 7) is 0.524. The van der Waals surface area contributed by atoms with E-state index in [-0.39, 0.29) is 35.4 Å². The minimum atomic E-state index is -1.28. The van der Waals surface area contributed by atoms with Crippen LogP contribution in [0.15, 0.2) is 34.9 Å². The van der Waals surface area contributed by atoms with Gasteiger partial charge in [0, 0.05) is 24.2 Å². The molecule has 8 nitrogen and oxygen atoms in total. The maximum absolute atomic E-state index is 14.8. The second kappa shape index (κ2) is 10.8. The van der Waals surface area contributed by atoms with Crippen LogP contribution in [0.1, 0.15) is 71.1 Å². The molecule has 0 amide bonds. The summed E-state index contributed by atoms with van der Waals surface area (Å²) in [5.41, 5.74) is -0.0724. The van der Waals surface area contributed by atoms with Crippen LogP contribution in [0.3, 0.4) is 0 Å². The molecule has 2 aromatic heterocycles. The van der Waals surface area contributed by atoms with Crippen LogP contribution in [-0.2, 0) is 21.7 Å². The van der Waals surface area contributed by atoms with Crippen molar-refractivity contribution in [3.05, 3.63) is 68.1 Å². The van der Waals surface area contributed by atoms with E-state index in [4.69, 9.17) is 37.2 Å². The molecule has 0 spiro atoms. The lowest BCUT2D eigenvalue weighted by molar-refractivity contribution is -0.183. The third-order valence-corrected chi connectivity index (χ3v) is 11.1. The number of nitrogens with zero attached hydrogens (tertiary/aromatic N) is 2. The summed E-state index contributed by atoms with van der Waals surface area (Å²) < 4.78 is 33.5. The molecule has 3 aliphatic rings. The number of aromatic nitrogens is 2. The summed E-state index contributed by atoms with van der Waals surface area (Å²) in [5.74, 6) is -1.31. The van der Waals surface area contributed by atoms with E-state index in [1.54, 1.807) is 25.3 Å². The zero-order valence-corrected chi connectivity index (χ0v) is 25.6. The van der Waals surface area contributed by atoms with Crippen molar-refractivity contribution < 1.29 is 33.4 Å². The number of aliphatic hydroxyl groups is 1. The smallest absolute Gasteiger partial charge is 0.335 e. The van der Waals surface area contributed by atoms with Crippen molar-refractivity contribution in [3.63, 3.8) is 0 Å². The molecular weight excluding hydrogens is 618 g/mol. The van der Waals surface area contributed by atoms with Crippen LogP contribution < -0.4 is 0 Å². The summed E-state index contributed by atoms with van der Waals surface area (Å²) in [7, 11) is 1.63. The van der Waals surface area contributed by atoms with Crippen molar-refractivity contribution in [1.82, 2.24) is 10.1 Å². The van der Waals surface area contributed by atoms with E-state index in [1.807, 2.05) is 0 Å². The Bertz CT molecular complexity index is 1700. The van der Waals surface area contributed by atoms with E-state index < -0.39 is 23.0 Å². The first kappa shape index (κ1) is 29.1. The summed E-state index contributed by atoms with van der Waals surface area (Å²) in [5, 5.41) is 27.3. The van der Waals surface area contributed by atoms with Crippen LogP contribution in [0.25, 0.3) is 21.5 Å². The van der Waals surface area contributed by atoms with Crippen LogP contribution in [0, 0.1) is 17.7 Å². The van der Waals surface area contributed by atoms with Crippen LogP contribution >= 0.6 is 34.5 Å². The number of carboxylic acid groups (broad SMARTS) is 1. The highest BCUT2D eigenvalue weighted by Crippen LogP contribution is 2.60. The summed E-state index contributed by atoms with van der Waals surface area (Å²) >= 11 is 14.3. The molecular formula is C31H29Cl2FN2O6S. The number of carboxylic acids is 1. The van der Waals surface area contributed by atoms with Crippen molar-refractivity contribution in [2.24, 2.45) is 11.8 Å². The third kappa shape index (κ3) is 4.87. The minimum Gasteiger partial charge on any atom is -0.478 e. The third-order valence-electron chi connectivity index (χ3n) is 9.28. The van der Waals surface area contributed by atoms with Crippen LogP contribution in [0.2, 0.25) is 10.0 Å². The highest BCUT2D eigenvalue weighted by molar-refractivity contribution is 7.18. The fourth-order valence-electron chi connectivity index (χ4n) is 7.12. The van der Waals surface area contributed by atoms with Gasteiger partial charge in [-0.25, -0.2) is 14.2 Å². The second-order valence-corrected chi connectivity index (χ2v) is 13.8. The molecule has 1 unspecified atom stereocenters. The lowest BCUT2D eigenvalue weighted by atomic mass is 9.68. The topological polar surface area (TPSA) is 115 Å². The molecule has 2 bridgehead atoms. The monoisotopic (exact) mass is 646 g/mol. The molecule has 3 fully saturated rings. The Kier molecular flexibility index (Phi) is 7.31. The lowest BCUT2D eigenvalue weighted by Crippen LogP contribution is -2.52. The number of hydrogen-bond acceptors (Lipinski definition) is 8. The maximum Gasteiger partial charge on any atom is 0.335 e. The molecule has 226 valence electrons. The number of rotatable bonds is 9. The Balaban J connectivity index is 1.20. The number of ether oxygens (including phenoxy) is 2. The normalized spacial score (nSPS) is 26.8. The van der Waals surface area contributed by atoms with Gasteiger partial charge in [0.1, 0.15) is 27.6 Å². The van der Waals surface area contributed by atoms with Gasteiger partial charge in [-0.15, -0.1) is 11.3 Å². The molecule has 4 atom stereocenters. The van der Waals surface area contributed by atoms with Gasteiger partial charge < -0.3 is 24.2 Å². The highest BCUT2D eigenvalue weighted by Gasteiger charge is 2.60. The molecule has 0 aliphatic heterocycles. The summed E-state index contributed by atoms with van der Waals surface area (Å²) in [6.07, 6.45) is 4.51. The Labute approximate surface area is 260 Å².